The highest BCUT2D eigenvalue weighted by molar-refractivity contribution is 5.90. The van der Waals surface area contributed by atoms with E-state index in [9.17, 15) is 4.79 Å². The predicted octanol–water partition coefficient (Wildman–Crippen LogP) is 4.11. The molecule has 1 unspecified atom stereocenters. The fourth-order valence-electron chi connectivity index (χ4n) is 1.94. The molecule has 20 heavy (non-hydrogen) atoms. The summed E-state index contributed by atoms with van der Waals surface area (Å²) in [7, 11) is 0. The number of carbonyl (C=O) groups is 1. The second kappa shape index (κ2) is 6.28. The number of anilines is 2. The first kappa shape index (κ1) is 14.2. The van der Waals surface area contributed by atoms with Crippen LogP contribution in [0.1, 0.15) is 37.8 Å². The first-order valence-corrected chi connectivity index (χ1v) is 6.81. The molecule has 4 nitrogen and oxygen atoms in total. The standard InChI is InChI=1S/C16H20N2O2/c1-4-16(19)18-14-7-5-6-13(10-14)17-12(3)15-9-8-11(2)20-15/h5-10,12,17H,4H2,1-3H3,(H,18,19). The number of nitrogens with one attached hydrogen (secondary N) is 2. The maximum atomic E-state index is 11.4. The van der Waals surface area contributed by atoms with E-state index in [0.29, 0.717) is 6.42 Å². The molecule has 1 atom stereocenters. The van der Waals surface area contributed by atoms with Crippen molar-refractivity contribution in [2.24, 2.45) is 0 Å². The molecule has 0 aliphatic carbocycles. The van der Waals surface area contributed by atoms with Crippen LogP contribution in [0.2, 0.25) is 0 Å². The van der Waals surface area contributed by atoms with Crippen molar-refractivity contribution >= 4 is 17.3 Å². The molecular weight excluding hydrogens is 252 g/mol. The van der Waals surface area contributed by atoms with Gasteiger partial charge in [0.15, 0.2) is 0 Å². The highest BCUT2D eigenvalue weighted by Gasteiger charge is 2.09. The maximum Gasteiger partial charge on any atom is 0.224 e. The van der Waals surface area contributed by atoms with Crippen LogP contribution in [0.5, 0.6) is 0 Å². The van der Waals surface area contributed by atoms with Crippen LogP contribution >= 0.6 is 0 Å². The first-order chi connectivity index (χ1) is 9.58. The maximum absolute atomic E-state index is 11.4. The fourth-order valence-corrected chi connectivity index (χ4v) is 1.94. The average Bonchev–Trinajstić information content (AvgIpc) is 2.86. The van der Waals surface area contributed by atoms with E-state index in [0.717, 1.165) is 22.9 Å². The van der Waals surface area contributed by atoms with Crippen molar-refractivity contribution in [3.63, 3.8) is 0 Å². The molecule has 0 saturated heterocycles. The Hall–Kier alpha value is -2.23. The van der Waals surface area contributed by atoms with Gasteiger partial charge in [0.25, 0.3) is 0 Å². The van der Waals surface area contributed by atoms with Gasteiger partial charge < -0.3 is 15.1 Å². The van der Waals surface area contributed by atoms with Gasteiger partial charge in [-0.2, -0.15) is 0 Å². The Morgan fingerprint density at radius 3 is 2.65 bits per heavy atom. The normalized spacial score (nSPS) is 11.9. The highest BCUT2D eigenvalue weighted by atomic mass is 16.3. The lowest BCUT2D eigenvalue weighted by Gasteiger charge is -2.14. The van der Waals surface area contributed by atoms with Crippen LogP contribution in [-0.4, -0.2) is 5.91 Å². The lowest BCUT2D eigenvalue weighted by molar-refractivity contribution is -0.115. The summed E-state index contributed by atoms with van der Waals surface area (Å²) in [6.45, 7) is 5.80. The van der Waals surface area contributed by atoms with E-state index in [1.54, 1.807) is 0 Å². The van der Waals surface area contributed by atoms with Gasteiger partial charge in [0.05, 0.1) is 6.04 Å². The van der Waals surface area contributed by atoms with Gasteiger partial charge >= 0.3 is 0 Å². The minimum Gasteiger partial charge on any atom is -0.464 e. The molecule has 1 aromatic carbocycles. The summed E-state index contributed by atoms with van der Waals surface area (Å²) in [6.07, 6.45) is 0.472. The minimum absolute atomic E-state index is 0.0110. The Labute approximate surface area is 119 Å². The van der Waals surface area contributed by atoms with E-state index in [4.69, 9.17) is 4.42 Å². The SMILES string of the molecule is CCC(=O)Nc1cccc(NC(C)c2ccc(C)o2)c1. The zero-order chi connectivity index (χ0) is 14.5. The fraction of sp³-hybridized carbons (Fsp3) is 0.312. The van der Waals surface area contributed by atoms with Crippen LogP contribution in [0, 0.1) is 6.92 Å². The molecule has 0 aliphatic heterocycles. The number of aryl methyl sites for hydroxylation is 1. The van der Waals surface area contributed by atoms with Crippen molar-refractivity contribution in [1.29, 1.82) is 0 Å². The van der Waals surface area contributed by atoms with Gasteiger partial charge in [-0.25, -0.2) is 0 Å². The third kappa shape index (κ3) is 3.63. The molecule has 0 aliphatic rings. The van der Waals surface area contributed by atoms with E-state index < -0.39 is 0 Å². The number of rotatable bonds is 5. The average molecular weight is 272 g/mol. The number of benzene rings is 1. The summed E-state index contributed by atoms with van der Waals surface area (Å²) < 4.78 is 5.60. The molecule has 0 bridgehead atoms. The zero-order valence-electron chi connectivity index (χ0n) is 12.1. The summed E-state index contributed by atoms with van der Waals surface area (Å²) in [5.41, 5.74) is 1.74. The number of furan rings is 1. The molecule has 2 N–H and O–H groups in total. The number of hydrogen-bond acceptors (Lipinski definition) is 3. The van der Waals surface area contributed by atoms with Crippen molar-refractivity contribution in [3.05, 3.63) is 47.9 Å². The monoisotopic (exact) mass is 272 g/mol. The van der Waals surface area contributed by atoms with Crippen molar-refractivity contribution in [1.82, 2.24) is 0 Å². The summed E-state index contributed by atoms with van der Waals surface area (Å²) in [4.78, 5) is 11.4. The van der Waals surface area contributed by atoms with E-state index in [1.807, 2.05) is 57.2 Å². The van der Waals surface area contributed by atoms with Gasteiger partial charge in [0, 0.05) is 17.8 Å². The summed E-state index contributed by atoms with van der Waals surface area (Å²) in [5.74, 6) is 1.81. The van der Waals surface area contributed by atoms with Gasteiger partial charge in [0.2, 0.25) is 5.91 Å². The number of carbonyl (C=O) groups excluding carboxylic acids is 1. The predicted molar refractivity (Wildman–Crippen MR) is 80.8 cm³/mol. The molecule has 1 heterocycles. The van der Waals surface area contributed by atoms with Gasteiger partial charge in [-0.15, -0.1) is 0 Å². The Morgan fingerprint density at radius 1 is 1.25 bits per heavy atom. The third-order valence-corrected chi connectivity index (χ3v) is 3.04. The second-order valence-electron chi connectivity index (χ2n) is 4.80. The summed E-state index contributed by atoms with van der Waals surface area (Å²) in [6, 6.07) is 11.7. The van der Waals surface area contributed by atoms with Crippen LogP contribution < -0.4 is 10.6 Å². The number of hydrogen-bond donors (Lipinski definition) is 2. The number of amides is 1. The molecule has 2 rings (SSSR count). The van der Waals surface area contributed by atoms with Crippen LogP contribution in [-0.2, 0) is 4.79 Å². The third-order valence-electron chi connectivity index (χ3n) is 3.04. The first-order valence-electron chi connectivity index (χ1n) is 6.81. The Bertz CT molecular complexity index is 590. The van der Waals surface area contributed by atoms with Crippen LogP contribution in [0.25, 0.3) is 0 Å². The molecule has 106 valence electrons. The Balaban J connectivity index is 2.05. The molecule has 2 aromatic rings. The van der Waals surface area contributed by atoms with Crippen molar-refractivity contribution in [2.75, 3.05) is 10.6 Å². The van der Waals surface area contributed by atoms with Crippen LogP contribution in [0.4, 0.5) is 11.4 Å². The Kier molecular flexibility index (Phi) is 4.45. The molecular formula is C16H20N2O2. The van der Waals surface area contributed by atoms with Crippen molar-refractivity contribution in [3.8, 4) is 0 Å². The topological polar surface area (TPSA) is 54.3 Å². The molecule has 0 spiro atoms. The van der Waals surface area contributed by atoms with Gasteiger partial charge in [-0.3, -0.25) is 4.79 Å². The van der Waals surface area contributed by atoms with Crippen molar-refractivity contribution in [2.45, 2.75) is 33.2 Å². The zero-order valence-corrected chi connectivity index (χ0v) is 12.1. The van der Waals surface area contributed by atoms with E-state index in [-0.39, 0.29) is 11.9 Å². The summed E-state index contributed by atoms with van der Waals surface area (Å²) in [5, 5.41) is 6.20. The van der Waals surface area contributed by atoms with E-state index >= 15 is 0 Å². The highest BCUT2D eigenvalue weighted by Crippen LogP contribution is 2.23. The largest absolute Gasteiger partial charge is 0.464 e. The van der Waals surface area contributed by atoms with Gasteiger partial charge in [0.1, 0.15) is 11.5 Å². The van der Waals surface area contributed by atoms with Gasteiger partial charge in [-0.1, -0.05) is 13.0 Å². The lowest BCUT2D eigenvalue weighted by Crippen LogP contribution is -2.10. The quantitative estimate of drug-likeness (QED) is 0.861. The minimum atomic E-state index is 0.0110. The second-order valence-corrected chi connectivity index (χ2v) is 4.80. The van der Waals surface area contributed by atoms with Crippen LogP contribution in [0.3, 0.4) is 0 Å². The van der Waals surface area contributed by atoms with E-state index in [2.05, 4.69) is 10.6 Å². The summed E-state index contributed by atoms with van der Waals surface area (Å²) >= 11 is 0. The molecule has 0 saturated carbocycles. The van der Waals surface area contributed by atoms with Gasteiger partial charge in [-0.05, 0) is 44.2 Å². The van der Waals surface area contributed by atoms with Crippen molar-refractivity contribution < 1.29 is 9.21 Å². The molecule has 0 fully saturated rings. The molecule has 1 amide bonds. The van der Waals surface area contributed by atoms with Crippen LogP contribution in [0.15, 0.2) is 40.8 Å². The lowest BCUT2D eigenvalue weighted by atomic mass is 10.2. The smallest absolute Gasteiger partial charge is 0.224 e. The molecule has 1 aromatic heterocycles. The van der Waals surface area contributed by atoms with E-state index in [1.165, 1.54) is 0 Å². The molecule has 4 heteroatoms. The molecule has 0 radical (unpaired) electrons. The Morgan fingerprint density at radius 2 is 2.00 bits per heavy atom.